The average molecular weight is 1140 g/mol. The highest BCUT2D eigenvalue weighted by molar-refractivity contribution is 7.13. The number of aromatic amines is 1. The molecule has 82 heavy (non-hydrogen) atoms. The lowest BCUT2D eigenvalue weighted by molar-refractivity contribution is -0.145. The molecule has 4 N–H and O–H groups in total. The molecule has 3 saturated heterocycles. The molecule has 0 saturated carbocycles. The topological polar surface area (TPSA) is 190 Å². The number of aliphatic hydroxyl groups excluding tert-OH is 1. The van der Waals surface area contributed by atoms with Gasteiger partial charge in [0.05, 0.1) is 39.3 Å². The first-order chi connectivity index (χ1) is 39.4. The quantitative estimate of drug-likeness (QED) is 0.0422. The number of ether oxygens (including phenoxy) is 1. The van der Waals surface area contributed by atoms with E-state index >= 15 is 0 Å². The predicted octanol–water partition coefficient (Wildman–Crippen LogP) is 11.3. The Labute approximate surface area is 483 Å². The van der Waals surface area contributed by atoms with E-state index in [-0.39, 0.29) is 61.1 Å². The monoisotopic (exact) mass is 1140 g/mol. The highest BCUT2D eigenvalue weighted by Crippen LogP contribution is 2.36. The normalized spacial score (nSPS) is 17.3. The number of fused-ring (bicyclic) bond motifs is 1. The number of β-amino-alcohol motifs (C(OH)–C–C–N with tert-alkyl or cyclic N) is 1. The number of carbonyl (C=O) groups is 5. The zero-order chi connectivity index (χ0) is 57.9. The molecule has 6 aromatic rings. The maximum atomic E-state index is 14.2. The molecule has 436 valence electrons. The summed E-state index contributed by atoms with van der Waals surface area (Å²) in [4.78, 5) is 79.9. The van der Waals surface area contributed by atoms with E-state index in [1.54, 1.807) is 16.2 Å². The van der Waals surface area contributed by atoms with Crippen LogP contribution in [0.15, 0.2) is 84.4 Å². The minimum atomic E-state index is -0.791. The van der Waals surface area contributed by atoms with Crippen molar-refractivity contribution in [2.45, 2.75) is 142 Å². The summed E-state index contributed by atoms with van der Waals surface area (Å²) in [5, 5.41) is 25.4. The number of hydrogen-bond acceptors (Lipinski definition) is 12. The number of aryl methyl sites for hydroxylation is 2. The molecule has 4 aromatic carbocycles. The number of H-pyrrole nitrogens is 1. The van der Waals surface area contributed by atoms with Gasteiger partial charge in [0.25, 0.3) is 5.91 Å². The molecule has 0 radical (unpaired) electrons. The molecule has 2 aromatic heterocycles. The minimum Gasteiger partial charge on any atom is -0.391 e. The number of ketones is 2. The summed E-state index contributed by atoms with van der Waals surface area (Å²) in [6.07, 6.45) is 8.25. The first-order valence-electron chi connectivity index (χ1n) is 29.2. The molecule has 0 unspecified atom stereocenters. The highest BCUT2D eigenvalue weighted by Gasteiger charge is 2.44. The number of anilines is 3. The van der Waals surface area contributed by atoms with E-state index in [9.17, 15) is 37.9 Å². The molecule has 0 aliphatic carbocycles. The van der Waals surface area contributed by atoms with Gasteiger partial charge in [-0.15, -0.1) is 11.3 Å². The lowest BCUT2D eigenvalue weighted by Gasteiger charge is -2.36. The first kappa shape index (κ1) is 59.7. The second-order valence-corrected chi connectivity index (χ2v) is 24.5. The van der Waals surface area contributed by atoms with Gasteiger partial charge in [0, 0.05) is 113 Å². The number of unbranched alkanes of at least 4 members (excludes halogenated alkanes) is 5. The standard InChI is InChI=1S/C64H78F2N8O7S/c1-41-60(82-40-67-41)45-17-13-42(14-18-45)16-22-58(77)57-38-51(76)39-74(57)63(80)54(64(2,3)4)37-50(75)11-9-7-5-6-8-10-12-59(78)73-27-25-72(26-28-73)49-19-20-52(56(36-49)68-48-23-29-81-30-24-48)62(79)69-61-53-34-43(15-21-55(53)70-71-61)31-44-32-46(65)35-47(66)33-44/h13-15,17-21,32-36,40,48,51,54,57,68,76H,5-12,16,22-31,37-39H2,1-4H3,(H2,69,70,71,79)/t51-,54-,57+/m1/s1. The van der Waals surface area contributed by atoms with Crippen LogP contribution in [0.4, 0.5) is 26.0 Å². The van der Waals surface area contributed by atoms with Crippen molar-refractivity contribution in [3.05, 3.63) is 124 Å². The molecule has 3 fully saturated rings. The molecule has 3 aliphatic heterocycles. The van der Waals surface area contributed by atoms with Gasteiger partial charge in [0.15, 0.2) is 11.6 Å². The van der Waals surface area contributed by atoms with Crippen LogP contribution in [-0.2, 0) is 36.8 Å². The fourth-order valence-corrected chi connectivity index (χ4v) is 12.5. The fourth-order valence-electron chi connectivity index (χ4n) is 11.7. The summed E-state index contributed by atoms with van der Waals surface area (Å²) < 4.78 is 33.5. The van der Waals surface area contributed by atoms with Crippen molar-refractivity contribution in [1.82, 2.24) is 25.0 Å². The van der Waals surface area contributed by atoms with Crippen LogP contribution < -0.4 is 15.5 Å². The van der Waals surface area contributed by atoms with Gasteiger partial charge in [-0.1, -0.05) is 76.8 Å². The van der Waals surface area contributed by atoms with Gasteiger partial charge in [-0.05, 0) is 116 Å². The number of thiazole rings is 1. The Morgan fingerprint density at radius 3 is 2.21 bits per heavy atom. The third-order valence-electron chi connectivity index (χ3n) is 16.4. The molecule has 9 rings (SSSR count). The van der Waals surface area contributed by atoms with Crippen LogP contribution in [0.5, 0.6) is 0 Å². The van der Waals surface area contributed by atoms with Crippen molar-refractivity contribution in [2.24, 2.45) is 11.3 Å². The Morgan fingerprint density at radius 1 is 0.817 bits per heavy atom. The van der Waals surface area contributed by atoms with Crippen LogP contribution in [0.3, 0.4) is 0 Å². The number of halogens is 2. The van der Waals surface area contributed by atoms with Gasteiger partial charge in [-0.25, -0.2) is 13.8 Å². The summed E-state index contributed by atoms with van der Waals surface area (Å²) >= 11 is 1.60. The maximum Gasteiger partial charge on any atom is 0.258 e. The summed E-state index contributed by atoms with van der Waals surface area (Å²) in [5.74, 6) is -2.03. The Morgan fingerprint density at radius 2 is 1.51 bits per heavy atom. The molecular formula is C64H78F2N8O7S. The second-order valence-electron chi connectivity index (χ2n) is 23.6. The molecular weight excluding hydrogens is 1060 g/mol. The second kappa shape index (κ2) is 27.5. The number of Topliss-reactive ketones (excluding diaryl/α,β-unsaturated/α-hetero) is 2. The summed E-state index contributed by atoms with van der Waals surface area (Å²) in [6, 6.07) is 22.3. The number of hydrogen-bond donors (Lipinski definition) is 4. The van der Waals surface area contributed by atoms with E-state index in [2.05, 4.69) is 30.7 Å². The lowest BCUT2D eigenvalue weighted by Crippen LogP contribution is -2.48. The third-order valence-corrected chi connectivity index (χ3v) is 17.4. The Kier molecular flexibility index (Phi) is 20.0. The van der Waals surface area contributed by atoms with Crippen molar-refractivity contribution in [3.63, 3.8) is 0 Å². The number of amides is 3. The fraction of sp³-hybridized carbons (Fsp3) is 0.484. The largest absolute Gasteiger partial charge is 0.391 e. The zero-order valence-corrected chi connectivity index (χ0v) is 48.6. The van der Waals surface area contributed by atoms with Gasteiger partial charge < -0.3 is 35.2 Å². The summed E-state index contributed by atoms with van der Waals surface area (Å²) in [6.45, 7) is 11.7. The van der Waals surface area contributed by atoms with Gasteiger partial charge in [-0.2, -0.15) is 5.10 Å². The Balaban J connectivity index is 0.690. The number of aliphatic hydroxyl groups is 1. The average Bonchev–Trinajstić information content (AvgIpc) is 4.25. The summed E-state index contributed by atoms with van der Waals surface area (Å²) in [5.41, 5.74) is 8.50. The Hall–Kier alpha value is -6.89. The van der Waals surface area contributed by atoms with Crippen LogP contribution in [0.2, 0.25) is 0 Å². The van der Waals surface area contributed by atoms with Gasteiger partial charge in [0.2, 0.25) is 11.8 Å². The van der Waals surface area contributed by atoms with Crippen LogP contribution in [0, 0.1) is 29.9 Å². The molecule has 3 atom stereocenters. The van der Waals surface area contributed by atoms with Crippen LogP contribution in [0.25, 0.3) is 21.3 Å². The number of nitrogens with zero attached hydrogens (tertiary/aromatic N) is 5. The van der Waals surface area contributed by atoms with E-state index in [4.69, 9.17) is 4.74 Å². The molecule has 3 aliphatic rings. The van der Waals surface area contributed by atoms with Crippen molar-refractivity contribution >= 4 is 68.7 Å². The van der Waals surface area contributed by atoms with Crippen LogP contribution >= 0.6 is 11.3 Å². The zero-order valence-electron chi connectivity index (χ0n) is 47.7. The highest BCUT2D eigenvalue weighted by atomic mass is 32.1. The molecule has 18 heteroatoms. The van der Waals surface area contributed by atoms with Gasteiger partial charge >= 0.3 is 0 Å². The maximum absolute atomic E-state index is 14.2. The summed E-state index contributed by atoms with van der Waals surface area (Å²) in [7, 11) is 0. The van der Waals surface area contributed by atoms with Crippen LogP contribution in [-0.4, -0.2) is 124 Å². The SMILES string of the molecule is Cc1ncsc1-c1ccc(CCC(=O)[C@@H]2C[C@@H](O)CN2C(=O)[C@@H](CC(=O)CCCCCCCCC(=O)N2CCN(c3ccc(C(=O)Nc4n[nH]c5ccc(Cc6cc(F)cc(F)c6)cc45)c(NC4CCOCC4)c3)CC2)C(C)(C)C)cc1. The van der Waals surface area contributed by atoms with Crippen LogP contribution in [0.1, 0.15) is 137 Å². The molecule has 0 bridgehead atoms. The van der Waals surface area contributed by atoms with Gasteiger partial charge in [0.1, 0.15) is 17.4 Å². The molecule has 3 amide bonds. The molecule has 15 nitrogen and oxygen atoms in total. The van der Waals surface area contributed by atoms with E-state index < -0.39 is 35.1 Å². The van der Waals surface area contributed by atoms with Crippen molar-refractivity contribution in [3.8, 4) is 10.4 Å². The first-order valence-corrected chi connectivity index (χ1v) is 30.1. The van der Waals surface area contributed by atoms with Crippen molar-refractivity contribution in [2.75, 3.05) is 61.5 Å². The smallest absolute Gasteiger partial charge is 0.258 e. The van der Waals surface area contributed by atoms with E-state index in [1.165, 1.54) is 12.1 Å². The number of piperazine rings is 1. The minimum absolute atomic E-state index is 0.0309. The third kappa shape index (κ3) is 15.6. The molecule has 0 spiro atoms. The number of carbonyl (C=O) groups excluding carboxylic acids is 5. The van der Waals surface area contributed by atoms with E-state index in [0.29, 0.717) is 98.6 Å². The lowest BCUT2D eigenvalue weighted by atomic mass is 9.76. The Bertz CT molecular complexity index is 3180. The van der Waals surface area contributed by atoms with E-state index in [1.807, 2.05) is 98.8 Å². The van der Waals surface area contributed by atoms with E-state index in [0.717, 1.165) is 90.4 Å². The number of rotatable bonds is 24. The number of nitrogens with one attached hydrogen (secondary N) is 3. The number of aromatic nitrogens is 3. The number of likely N-dealkylation sites (tertiary alicyclic amines) is 1. The van der Waals surface area contributed by atoms with Gasteiger partial charge in [-0.3, -0.25) is 29.1 Å². The van der Waals surface area contributed by atoms with Crippen molar-refractivity contribution < 1.29 is 42.6 Å². The van der Waals surface area contributed by atoms with Crippen molar-refractivity contribution in [1.29, 1.82) is 0 Å². The molecule has 5 heterocycles. The predicted molar refractivity (Wildman–Crippen MR) is 317 cm³/mol. The number of benzene rings is 4.